The molecule has 3 aromatic rings. The molecule has 100 valence electrons. The summed E-state index contributed by atoms with van der Waals surface area (Å²) in [5.41, 5.74) is 2.84. The molecule has 20 heavy (non-hydrogen) atoms. The van der Waals surface area contributed by atoms with Crippen LogP contribution in [0.15, 0.2) is 60.8 Å². The Morgan fingerprint density at radius 1 is 0.850 bits per heavy atom. The number of fused-ring (bicyclic) bond motifs is 1. The quantitative estimate of drug-likeness (QED) is 0.779. The summed E-state index contributed by atoms with van der Waals surface area (Å²) in [5.74, 6) is -0.167. The van der Waals surface area contributed by atoms with Crippen LogP contribution in [0.1, 0.15) is 11.1 Å². The molecule has 2 aromatic carbocycles. The lowest BCUT2D eigenvalue weighted by molar-refractivity contribution is 0.588. The van der Waals surface area contributed by atoms with E-state index in [9.17, 15) is 4.39 Å². The van der Waals surface area contributed by atoms with E-state index in [1.165, 1.54) is 11.6 Å². The molecular weight excluding hydrogens is 251 g/mol. The number of pyridine rings is 1. The highest BCUT2D eigenvalue weighted by Crippen LogP contribution is 2.16. The predicted molar refractivity (Wildman–Crippen MR) is 78.7 cm³/mol. The number of nitrogens with zero attached hydrogens (tertiary/aromatic N) is 1. The first-order valence-electron chi connectivity index (χ1n) is 6.61. The lowest BCUT2D eigenvalue weighted by atomic mass is 10.1. The van der Waals surface area contributed by atoms with Gasteiger partial charge in [0, 0.05) is 30.2 Å². The van der Waals surface area contributed by atoms with Gasteiger partial charge in [0.15, 0.2) is 0 Å². The molecule has 3 rings (SSSR count). The first-order chi connectivity index (χ1) is 9.84. The molecule has 3 heteroatoms. The van der Waals surface area contributed by atoms with E-state index in [-0.39, 0.29) is 5.82 Å². The van der Waals surface area contributed by atoms with Gasteiger partial charge in [0.1, 0.15) is 5.82 Å². The fourth-order valence-corrected chi connectivity index (χ4v) is 2.28. The Kier molecular flexibility index (Phi) is 3.70. The molecule has 0 saturated carbocycles. The molecule has 0 bridgehead atoms. The third kappa shape index (κ3) is 2.68. The Labute approximate surface area is 117 Å². The van der Waals surface area contributed by atoms with E-state index in [1.54, 1.807) is 12.1 Å². The molecule has 0 unspecified atom stereocenters. The summed E-state index contributed by atoms with van der Waals surface area (Å²) in [6.45, 7) is 1.21. The minimum absolute atomic E-state index is 0.167. The third-order valence-electron chi connectivity index (χ3n) is 3.33. The van der Waals surface area contributed by atoms with Crippen LogP contribution in [0.25, 0.3) is 10.9 Å². The minimum atomic E-state index is -0.167. The van der Waals surface area contributed by atoms with Crippen molar-refractivity contribution in [3.63, 3.8) is 0 Å². The standard InChI is InChI=1S/C17H15FN2/c18-16-7-3-1-5-14(16)12-19-11-13-9-10-20-17-8-4-2-6-15(13)17/h1-10,19H,11-12H2. The summed E-state index contributed by atoms with van der Waals surface area (Å²) in [6.07, 6.45) is 1.81. The molecule has 1 heterocycles. The molecule has 1 aromatic heterocycles. The minimum Gasteiger partial charge on any atom is -0.308 e. The summed E-state index contributed by atoms with van der Waals surface area (Å²) in [7, 11) is 0. The number of hydrogen-bond acceptors (Lipinski definition) is 2. The molecule has 0 aliphatic heterocycles. The van der Waals surface area contributed by atoms with Crippen molar-refractivity contribution in [3.05, 3.63) is 77.7 Å². The maximum Gasteiger partial charge on any atom is 0.127 e. The smallest absolute Gasteiger partial charge is 0.127 e. The lowest BCUT2D eigenvalue weighted by Crippen LogP contribution is -2.14. The van der Waals surface area contributed by atoms with Crippen LogP contribution in [0.2, 0.25) is 0 Å². The summed E-state index contributed by atoms with van der Waals surface area (Å²) in [5, 5.41) is 4.42. The molecule has 0 spiro atoms. The number of halogens is 1. The van der Waals surface area contributed by atoms with Gasteiger partial charge in [-0.1, -0.05) is 36.4 Å². The zero-order valence-electron chi connectivity index (χ0n) is 11.0. The normalized spacial score (nSPS) is 10.8. The van der Waals surface area contributed by atoms with E-state index in [1.807, 2.05) is 36.5 Å². The summed E-state index contributed by atoms with van der Waals surface area (Å²) in [4.78, 5) is 4.33. The van der Waals surface area contributed by atoms with Crippen molar-refractivity contribution in [2.75, 3.05) is 0 Å². The van der Waals surface area contributed by atoms with Crippen LogP contribution in [0, 0.1) is 5.82 Å². The topological polar surface area (TPSA) is 24.9 Å². The second-order valence-corrected chi connectivity index (χ2v) is 4.68. The summed E-state index contributed by atoms with van der Waals surface area (Å²) >= 11 is 0. The maximum absolute atomic E-state index is 13.5. The maximum atomic E-state index is 13.5. The van der Waals surface area contributed by atoms with Crippen molar-refractivity contribution >= 4 is 10.9 Å². The molecule has 0 saturated heterocycles. The number of para-hydroxylation sites is 1. The van der Waals surface area contributed by atoms with Gasteiger partial charge in [0.05, 0.1) is 5.52 Å². The zero-order chi connectivity index (χ0) is 13.8. The highest BCUT2D eigenvalue weighted by Gasteiger charge is 2.03. The Hall–Kier alpha value is -2.26. The molecule has 0 aliphatic rings. The van der Waals surface area contributed by atoms with Gasteiger partial charge in [-0.3, -0.25) is 4.98 Å². The van der Waals surface area contributed by atoms with Crippen molar-refractivity contribution in [2.24, 2.45) is 0 Å². The molecular formula is C17H15FN2. The second-order valence-electron chi connectivity index (χ2n) is 4.68. The number of benzene rings is 2. The average molecular weight is 266 g/mol. The van der Waals surface area contributed by atoms with E-state index in [0.717, 1.165) is 10.9 Å². The van der Waals surface area contributed by atoms with E-state index in [0.29, 0.717) is 18.7 Å². The number of rotatable bonds is 4. The van der Waals surface area contributed by atoms with Crippen molar-refractivity contribution in [1.82, 2.24) is 10.3 Å². The van der Waals surface area contributed by atoms with Gasteiger partial charge >= 0.3 is 0 Å². The summed E-state index contributed by atoms with van der Waals surface area (Å²) in [6, 6.07) is 16.9. The first-order valence-corrected chi connectivity index (χ1v) is 6.61. The molecule has 0 fully saturated rings. The van der Waals surface area contributed by atoms with Crippen LogP contribution in [0.4, 0.5) is 4.39 Å². The highest BCUT2D eigenvalue weighted by atomic mass is 19.1. The van der Waals surface area contributed by atoms with Gasteiger partial charge in [-0.25, -0.2) is 4.39 Å². The Morgan fingerprint density at radius 2 is 1.60 bits per heavy atom. The number of aromatic nitrogens is 1. The fourth-order valence-electron chi connectivity index (χ4n) is 2.28. The Balaban J connectivity index is 1.73. The van der Waals surface area contributed by atoms with Gasteiger partial charge < -0.3 is 5.32 Å². The van der Waals surface area contributed by atoms with Crippen LogP contribution in [-0.2, 0) is 13.1 Å². The Morgan fingerprint density at radius 3 is 2.50 bits per heavy atom. The van der Waals surface area contributed by atoms with Crippen LogP contribution in [-0.4, -0.2) is 4.98 Å². The average Bonchev–Trinajstić information content (AvgIpc) is 2.49. The molecule has 1 N–H and O–H groups in total. The van der Waals surface area contributed by atoms with E-state index >= 15 is 0 Å². The van der Waals surface area contributed by atoms with Gasteiger partial charge in [0.25, 0.3) is 0 Å². The van der Waals surface area contributed by atoms with Gasteiger partial charge in [-0.05, 0) is 23.8 Å². The van der Waals surface area contributed by atoms with Gasteiger partial charge in [-0.15, -0.1) is 0 Å². The van der Waals surface area contributed by atoms with Crippen molar-refractivity contribution in [1.29, 1.82) is 0 Å². The molecule has 0 atom stereocenters. The van der Waals surface area contributed by atoms with Gasteiger partial charge in [-0.2, -0.15) is 0 Å². The van der Waals surface area contributed by atoms with Crippen LogP contribution in [0.5, 0.6) is 0 Å². The number of nitrogens with one attached hydrogen (secondary N) is 1. The Bertz CT molecular complexity index is 720. The van der Waals surface area contributed by atoms with Crippen LogP contribution < -0.4 is 5.32 Å². The molecule has 0 aliphatic carbocycles. The van der Waals surface area contributed by atoms with E-state index in [2.05, 4.69) is 16.4 Å². The zero-order valence-corrected chi connectivity index (χ0v) is 11.0. The SMILES string of the molecule is Fc1ccccc1CNCc1ccnc2ccccc12. The predicted octanol–water partition coefficient (Wildman–Crippen LogP) is 3.66. The largest absolute Gasteiger partial charge is 0.308 e. The second kappa shape index (κ2) is 5.80. The first kappa shape index (κ1) is 12.8. The van der Waals surface area contributed by atoms with E-state index < -0.39 is 0 Å². The van der Waals surface area contributed by atoms with Crippen LogP contribution >= 0.6 is 0 Å². The number of hydrogen-bond donors (Lipinski definition) is 1. The van der Waals surface area contributed by atoms with Crippen LogP contribution in [0.3, 0.4) is 0 Å². The highest BCUT2D eigenvalue weighted by molar-refractivity contribution is 5.81. The lowest BCUT2D eigenvalue weighted by Gasteiger charge is -2.08. The molecule has 0 radical (unpaired) electrons. The third-order valence-corrected chi connectivity index (χ3v) is 3.33. The monoisotopic (exact) mass is 266 g/mol. The van der Waals surface area contributed by atoms with E-state index in [4.69, 9.17) is 0 Å². The van der Waals surface area contributed by atoms with Gasteiger partial charge in [0.2, 0.25) is 0 Å². The van der Waals surface area contributed by atoms with Crippen molar-refractivity contribution in [2.45, 2.75) is 13.1 Å². The van der Waals surface area contributed by atoms with Crippen molar-refractivity contribution < 1.29 is 4.39 Å². The molecule has 0 amide bonds. The molecule has 2 nitrogen and oxygen atoms in total. The fraction of sp³-hybridized carbons (Fsp3) is 0.118. The summed E-state index contributed by atoms with van der Waals surface area (Å²) < 4.78 is 13.5. The van der Waals surface area contributed by atoms with Crippen molar-refractivity contribution in [3.8, 4) is 0 Å².